The highest BCUT2D eigenvalue weighted by Gasteiger charge is 2.21. The maximum absolute atomic E-state index is 12.2. The van der Waals surface area contributed by atoms with Gasteiger partial charge in [-0.25, -0.2) is 9.97 Å². The molecule has 0 bridgehead atoms. The molecule has 23 heavy (non-hydrogen) atoms. The van der Waals surface area contributed by atoms with Crippen molar-refractivity contribution in [2.24, 2.45) is 0 Å². The van der Waals surface area contributed by atoms with E-state index in [2.05, 4.69) is 9.97 Å². The molecule has 2 aromatic heterocycles. The molecule has 2 aromatic rings. The normalized spacial score (nSPS) is 11.3. The number of rotatable bonds is 5. The molecule has 0 aliphatic heterocycles. The average molecular weight is 354 g/mol. The molecule has 7 heteroatoms. The third-order valence-electron chi connectivity index (χ3n) is 2.89. The monoisotopic (exact) mass is 353 g/mol. The van der Waals surface area contributed by atoms with Crippen LogP contribution in [0.3, 0.4) is 0 Å². The predicted octanol–water partition coefficient (Wildman–Crippen LogP) is 3.85. The molecule has 5 nitrogen and oxygen atoms in total. The molecule has 0 spiro atoms. The van der Waals surface area contributed by atoms with E-state index in [9.17, 15) is 4.79 Å². The van der Waals surface area contributed by atoms with Gasteiger partial charge in [-0.05, 0) is 39.3 Å². The molecule has 124 valence electrons. The topological polar surface area (TPSA) is 55.3 Å². The molecule has 2 heterocycles. The van der Waals surface area contributed by atoms with Gasteiger partial charge < -0.3 is 9.64 Å². The van der Waals surface area contributed by atoms with Crippen LogP contribution in [0.1, 0.15) is 31.2 Å². The van der Waals surface area contributed by atoms with Crippen LogP contribution in [-0.2, 0) is 16.1 Å². The van der Waals surface area contributed by atoms with Gasteiger partial charge in [0.05, 0.1) is 6.54 Å². The number of nitrogens with zero attached hydrogens (tertiary/aromatic N) is 3. The molecule has 0 aliphatic carbocycles. The standard InChI is InChI=1S/C16H20ClN3O2S/c1-11-6-5-7-18-14(11)20(9-12-8-19-15(17)23-12)10-13(21)22-16(2,3)4/h5-8H,9-10H2,1-4H3. The SMILES string of the molecule is Cc1cccnc1N(CC(=O)OC(C)(C)C)Cc1cnc(Cl)s1. The highest BCUT2D eigenvalue weighted by molar-refractivity contribution is 7.15. The summed E-state index contributed by atoms with van der Waals surface area (Å²) in [5.74, 6) is 0.459. The summed E-state index contributed by atoms with van der Waals surface area (Å²) in [5.41, 5.74) is 0.474. The number of ether oxygens (including phenoxy) is 1. The smallest absolute Gasteiger partial charge is 0.326 e. The number of thiazole rings is 1. The van der Waals surface area contributed by atoms with Crippen LogP contribution in [-0.4, -0.2) is 28.1 Å². The van der Waals surface area contributed by atoms with Gasteiger partial charge in [-0.15, -0.1) is 11.3 Å². The summed E-state index contributed by atoms with van der Waals surface area (Å²) >= 11 is 7.29. The van der Waals surface area contributed by atoms with Gasteiger partial charge in [0, 0.05) is 17.3 Å². The second-order valence-corrected chi connectivity index (χ2v) is 7.86. The zero-order valence-corrected chi connectivity index (χ0v) is 15.2. The summed E-state index contributed by atoms with van der Waals surface area (Å²) in [6, 6.07) is 3.83. The summed E-state index contributed by atoms with van der Waals surface area (Å²) in [6.45, 7) is 8.13. The average Bonchev–Trinajstić information content (AvgIpc) is 2.82. The van der Waals surface area contributed by atoms with Crippen molar-refractivity contribution in [3.05, 3.63) is 39.4 Å². The molecule has 0 saturated carbocycles. The van der Waals surface area contributed by atoms with Crippen LogP contribution >= 0.6 is 22.9 Å². The summed E-state index contributed by atoms with van der Waals surface area (Å²) in [5, 5.41) is 0. The lowest BCUT2D eigenvalue weighted by Gasteiger charge is -2.26. The number of anilines is 1. The fourth-order valence-corrected chi connectivity index (χ4v) is 3.08. The summed E-state index contributed by atoms with van der Waals surface area (Å²) < 4.78 is 5.91. The molecule has 0 N–H and O–H groups in total. The Morgan fingerprint density at radius 2 is 2.13 bits per heavy atom. The molecule has 2 rings (SSSR count). The minimum absolute atomic E-state index is 0.116. The van der Waals surface area contributed by atoms with Crippen LogP contribution in [0.4, 0.5) is 5.82 Å². The molecule has 0 aliphatic rings. The maximum Gasteiger partial charge on any atom is 0.326 e. The zero-order chi connectivity index (χ0) is 17.0. The van der Waals surface area contributed by atoms with Crippen molar-refractivity contribution in [3.8, 4) is 0 Å². The van der Waals surface area contributed by atoms with E-state index in [1.165, 1.54) is 11.3 Å². The minimum Gasteiger partial charge on any atom is -0.459 e. The van der Waals surface area contributed by atoms with Gasteiger partial charge in [0.2, 0.25) is 0 Å². The zero-order valence-electron chi connectivity index (χ0n) is 13.7. The number of pyridine rings is 1. The Labute approximate surface area is 145 Å². The largest absolute Gasteiger partial charge is 0.459 e. The van der Waals surface area contributed by atoms with E-state index >= 15 is 0 Å². The number of hydrogen-bond donors (Lipinski definition) is 0. The fourth-order valence-electron chi connectivity index (χ4n) is 2.09. The Morgan fingerprint density at radius 3 is 2.70 bits per heavy atom. The van der Waals surface area contributed by atoms with E-state index in [-0.39, 0.29) is 12.5 Å². The van der Waals surface area contributed by atoms with Gasteiger partial charge in [0.15, 0.2) is 4.47 Å². The first kappa shape index (κ1) is 17.7. The van der Waals surface area contributed by atoms with Gasteiger partial charge in [-0.3, -0.25) is 4.79 Å². The van der Waals surface area contributed by atoms with Crippen molar-refractivity contribution in [1.82, 2.24) is 9.97 Å². The quantitative estimate of drug-likeness (QED) is 0.764. The second kappa shape index (κ2) is 7.27. The summed E-state index contributed by atoms with van der Waals surface area (Å²) in [6.07, 6.45) is 3.43. The predicted molar refractivity (Wildman–Crippen MR) is 93.0 cm³/mol. The maximum atomic E-state index is 12.2. The molecule has 0 fully saturated rings. The number of carbonyl (C=O) groups is 1. The van der Waals surface area contributed by atoms with Crippen LogP contribution in [0.5, 0.6) is 0 Å². The van der Waals surface area contributed by atoms with Gasteiger partial charge in [0.1, 0.15) is 18.0 Å². The number of hydrogen-bond acceptors (Lipinski definition) is 6. The van der Waals surface area contributed by atoms with Crippen LogP contribution in [0.15, 0.2) is 24.5 Å². The third kappa shape index (κ3) is 5.48. The summed E-state index contributed by atoms with van der Waals surface area (Å²) in [4.78, 5) is 23.5. The third-order valence-corrected chi connectivity index (χ3v) is 3.99. The van der Waals surface area contributed by atoms with Crippen LogP contribution in [0.2, 0.25) is 4.47 Å². The van der Waals surface area contributed by atoms with Gasteiger partial charge in [-0.2, -0.15) is 0 Å². The molecule has 0 amide bonds. The number of aryl methyl sites for hydroxylation is 1. The number of aromatic nitrogens is 2. The Hall–Kier alpha value is -1.66. The van der Waals surface area contributed by atoms with E-state index in [4.69, 9.17) is 16.3 Å². The van der Waals surface area contributed by atoms with Crippen LogP contribution in [0, 0.1) is 6.92 Å². The van der Waals surface area contributed by atoms with Gasteiger partial charge >= 0.3 is 5.97 Å². The molecular weight excluding hydrogens is 334 g/mol. The second-order valence-electron chi connectivity index (χ2n) is 6.17. The van der Waals surface area contributed by atoms with Crippen molar-refractivity contribution in [2.75, 3.05) is 11.4 Å². The molecule has 0 atom stereocenters. The van der Waals surface area contributed by atoms with Crippen molar-refractivity contribution in [1.29, 1.82) is 0 Å². The van der Waals surface area contributed by atoms with E-state index in [0.717, 1.165) is 16.3 Å². The lowest BCUT2D eigenvalue weighted by atomic mass is 10.2. The number of halogens is 1. The van der Waals surface area contributed by atoms with E-state index in [0.29, 0.717) is 11.0 Å². The van der Waals surface area contributed by atoms with Crippen molar-refractivity contribution < 1.29 is 9.53 Å². The lowest BCUT2D eigenvalue weighted by Crippen LogP contribution is -2.35. The van der Waals surface area contributed by atoms with Crippen LogP contribution in [0.25, 0.3) is 0 Å². The van der Waals surface area contributed by atoms with E-state index in [1.54, 1.807) is 12.4 Å². The fraction of sp³-hybridized carbons (Fsp3) is 0.438. The highest BCUT2D eigenvalue weighted by atomic mass is 35.5. The number of carbonyl (C=O) groups excluding carboxylic acids is 1. The van der Waals surface area contributed by atoms with Crippen molar-refractivity contribution >= 4 is 34.7 Å². The van der Waals surface area contributed by atoms with Crippen molar-refractivity contribution in [3.63, 3.8) is 0 Å². The first-order valence-corrected chi connectivity index (χ1v) is 8.42. The summed E-state index contributed by atoms with van der Waals surface area (Å²) in [7, 11) is 0. The molecule has 0 saturated heterocycles. The van der Waals surface area contributed by atoms with Crippen molar-refractivity contribution in [2.45, 2.75) is 39.8 Å². The Balaban J connectivity index is 2.21. The highest BCUT2D eigenvalue weighted by Crippen LogP contribution is 2.24. The minimum atomic E-state index is -0.518. The van der Waals surface area contributed by atoms with Crippen LogP contribution < -0.4 is 4.90 Å². The Morgan fingerprint density at radius 1 is 1.39 bits per heavy atom. The van der Waals surface area contributed by atoms with E-state index in [1.807, 2.05) is 44.7 Å². The number of esters is 1. The van der Waals surface area contributed by atoms with E-state index < -0.39 is 5.60 Å². The van der Waals surface area contributed by atoms with Gasteiger partial charge in [0.25, 0.3) is 0 Å². The molecule has 0 radical (unpaired) electrons. The Kier molecular flexibility index (Phi) is 5.59. The van der Waals surface area contributed by atoms with Gasteiger partial charge in [-0.1, -0.05) is 17.7 Å². The first-order valence-electron chi connectivity index (χ1n) is 7.23. The first-order chi connectivity index (χ1) is 10.7. The Bertz CT molecular complexity index is 682. The molecule has 0 unspecified atom stereocenters. The lowest BCUT2D eigenvalue weighted by molar-refractivity contribution is -0.153. The molecule has 0 aromatic carbocycles. The molecular formula is C16H20ClN3O2S.